The van der Waals surface area contributed by atoms with Gasteiger partial charge in [0.15, 0.2) is 6.61 Å². The molecule has 0 rings (SSSR count). The molecule has 0 unspecified atom stereocenters. The molecule has 0 amide bonds. The number of carbonyl (C=O) groups is 1. The van der Waals surface area contributed by atoms with E-state index in [4.69, 9.17) is 9.84 Å². The van der Waals surface area contributed by atoms with Crippen molar-refractivity contribution in [1.29, 1.82) is 0 Å². The Hall–Kier alpha value is -0.990. The van der Waals surface area contributed by atoms with E-state index in [-0.39, 0.29) is 6.61 Å². The second-order valence-electron chi connectivity index (χ2n) is 4.34. The van der Waals surface area contributed by atoms with Gasteiger partial charge in [0.1, 0.15) is 0 Å². The van der Waals surface area contributed by atoms with Gasteiger partial charge in [-0.15, -0.1) is 0 Å². The van der Waals surface area contributed by atoms with Gasteiger partial charge >= 0.3 is 5.97 Å². The number of carboxylic acid groups (broad SMARTS) is 1. The minimum absolute atomic E-state index is 0.242. The monoisotopic (exact) mass is 242 g/mol. The van der Waals surface area contributed by atoms with Crippen LogP contribution < -0.4 is 0 Å². The van der Waals surface area contributed by atoms with Crippen molar-refractivity contribution in [2.75, 3.05) is 6.61 Å². The Morgan fingerprint density at radius 3 is 2.24 bits per heavy atom. The molecule has 3 heteroatoms. The van der Waals surface area contributed by atoms with E-state index in [0.717, 1.165) is 6.42 Å². The number of rotatable bonds is 12. The highest BCUT2D eigenvalue weighted by Gasteiger charge is 1.92. The van der Waals surface area contributed by atoms with Crippen LogP contribution in [0.4, 0.5) is 0 Å². The third kappa shape index (κ3) is 15.0. The van der Waals surface area contributed by atoms with E-state index >= 15 is 0 Å². The summed E-state index contributed by atoms with van der Waals surface area (Å²) in [4.78, 5) is 10.1. The van der Waals surface area contributed by atoms with Crippen LogP contribution in [0.3, 0.4) is 0 Å². The van der Waals surface area contributed by atoms with E-state index in [1.807, 2.05) is 6.08 Å². The molecule has 0 bridgehead atoms. The third-order valence-corrected chi connectivity index (χ3v) is 2.62. The maximum atomic E-state index is 10.1. The Balaban J connectivity index is 3.05. The Kier molecular flexibility index (Phi) is 12.3. The summed E-state index contributed by atoms with van der Waals surface area (Å²) in [6, 6.07) is 0. The molecule has 0 aromatic rings. The molecule has 0 radical (unpaired) electrons. The minimum Gasteiger partial charge on any atom is -0.490 e. The molecule has 0 saturated carbocycles. The third-order valence-electron chi connectivity index (χ3n) is 2.62. The molecule has 0 atom stereocenters. The lowest BCUT2D eigenvalue weighted by Gasteiger charge is -1.99. The molecule has 100 valence electrons. The molecule has 0 aromatic carbocycles. The summed E-state index contributed by atoms with van der Waals surface area (Å²) in [5.41, 5.74) is 0. The van der Waals surface area contributed by atoms with Gasteiger partial charge in [-0.25, -0.2) is 4.79 Å². The SMILES string of the molecule is CCCCCCCCCC/C=C\OCC(=O)O. The van der Waals surface area contributed by atoms with Gasteiger partial charge in [-0.1, -0.05) is 51.9 Å². The molecule has 0 saturated heterocycles. The summed E-state index contributed by atoms with van der Waals surface area (Å²) in [6.45, 7) is 1.99. The van der Waals surface area contributed by atoms with E-state index in [9.17, 15) is 4.79 Å². The van der Waals surface area contributed by atoms with Gasteiger partial charge in [-0.2, -0.15) is 0 Å². The first-order valence-electron chi connectivity index (χ1n) is 6.75. The largest absolute Gasteiger partial charge is 0.490 e. The smallest absolute Gasteiger partial charge is 0.341 e. The minimum atomic E-state index is -0.929. The van der Waals surface area contributed by atoms with Crippen LogP contribution in [-0.4, -0.2) is 17.7 Å². The number of carboxylic acids is 1. The van der Waals surface area contributed by atoms with Crippen molar-refractivity contribution in [3.63, 3.8) is 0 Å². The van der Waals surface area contributed by atoms with Crippen molar-refractivity contribution in [3.05, 3.63) is 12.3 Å². The highest BCUT2D eigenvalue weighted by molar-refractivity contribution is 5.68. The Morgan fingerprint density at radius 2 is 1.65 bits per heavy atom. The van der Waals surface area contributed by atoms with Crippen LogP contribution in [0.15, 0.2) is 12.3 Å². The molecule has 0 spiro atoms. The van der Waals surface area contributed by atoms with Gasteiger partial charge in [-0.3, -0.25) is 0 Å². The fourth-order valence-corrected chi connectivity index (χ4v) is 1.65. The highest BCUT2D eigenvalue weighted by Crippen LogP contribution is 2.09. The summed E-state index contributed by atoms with van der Waals surface area (Å²) in [6.07, 6.45) is 14.9. The second kappa shape index (κ2) is 13.1. The van der Waals surface area contributed by atoms with E-state index in [1.165, 1.54) is 57.6 Å². The summed E-state index contributed by atoms with van der Waals surface area (Å²) in [5, 5.41) is 8.32. The van der Waals surface area contributed by atoms with Crippen molar-refractivity contribution >= 4 is 5.97 Å². The average molecular weight is 242 g/mol. The number of allylic oxidation sites excluding steroid dienone is 1. The average Bonchev–Trinajstić information content (AvgIpc) is 2.30. The Labute approximate surface area is 105 Å². The van der Waals surface area contributed by atoms with Gasteiger partial charge in [0.05, 0.1) is 6.26 Å². The summed E-state index contributed by atoms with van der Waals surface area (Å²) < 4.78 is 4.79. The van der Waals surface area contributed by atoms with Gasteiger partial charge < -0.3 is 9.84 Å². The standard InChI is InChI=1S/C14H26O3/c1-2-3-4-5-6-7-8-9-10-11-12-17-13-14(15)16/h11-12H,2-10,13H2,1H3,(H,15,16)/b12-11-. The van der Waals surface area contributed by atoms with Crippen molar-refractivity contribution in [2.45, 2.75) is 64.7 Å². The van der Waals surface area contributed by atoms with Crippen LogP contribution >= 0.6 is 0 Å². The van der Waals surface area contributed by atoms with Gasteiger partial charge in [0.25, 0.3) is 0 Å². The first-order chi connectivity index (χ1) is 8.27. The van der Waals surface area contributed by atoms with Gasteiger partial charge in [0.2, 0.25) is 0 Å². The quantitative estimate of drug-likeness (QED) is 0.413. The first kappa shape index (κ1) is 16.0. The second-order valence-corrected chi connectivity index (χ2v) is 4.34. The van der Waals surface area contributed by atoms with Crippen LogP contribution in [-0.2, 0) is 9.53 Å². The number of hydrogen-bond acceptors (Lipinski definition) is 2. The number of ether oxygens (including phenoxy) is 1. The predicted molar refractivity (Wildman–Crippen MR) is 70.0 cm³/mol. The molecule has 3 nitrogen and oxygen atoms in total. The van der Waals surface area contributed by atoms with Crippen LogP contribution in [0.2, 0.25) is 0 Å². The molecule has 1 N–H and O–H groups in total. The zero-order valence-electron chi connectivity index (χ0n) is 11.0. The normalized spacial score (nSPS) is 10.9. The summed E-state index contributed by atoms with van der Waals surface area (Å²) in [7, 11) is 0. The first-order valence-corrected chi connectivity index (χ1v) is 6.75. The summed E-state index contributed by atoms with van der Waals surface area (Å²) >= 11 is 0. The highest BCUT2D eigenvalue weighted by atomic mass is 16.5. The zero-order valence-corrected chi connectivity index (χ0v) is 11.0. The lowest BCUT2D eigenvalue weighted by Crippen LogP contribution is -2.02. The van der Waals surface area contributed by atoms with Gasteiger partial charge in [0, 0.05) is 0 Å². The van der Waals surface area contributed by atoms with E-state index < -0.39 is 5.97 Å². The molecule has 0 fully saturated rings. The lowest BCUT2D eigenvalue weighted by atomic mass is 10.1. The van der Waals surface area contributed by atoms with Crippen LogP contribution in [0.25, 0.3) is 0 Å². The maximum Gasteiger partial charge on any atom is 0.341 e. The number of unbranched alkanes of at least 4 members (excludes halogenated alkanes) is 8. The van der Waals surface area contributed by atoms with Gasteiger partial charge in [-0.05, 0) is 18.9 Å². The topological polar surface area (TPSA) is 46.5 Å². The summed E-state index contributed by atoms with van der Waals surface area (Å²) in [5.74, 6) is -0.929. The molecular formula is C14H26O3. The Morgan fingerprint density at radius 1 is 1.06 bits per heavy atom. The predicted octanol–water partition coefficient (Wildman–Crippen LogP) is 4.13. The molecule has 0 aliphatic heterocycles. The number of aliphatic carboxylic acids is 1. The molecule has 17 heavy (non-hydrogen) atoms. The van der Waals surface area contributed by atoms with Crippen LogP contribution in [0, 0.1) is 0 Å². The fourth-order valence-electron chi connectivity index (χ4n) is 1.65. The fraction of sp³-hybridized carbons (Fsp3) is 0.786. The zero-order chi connectivity index (χ0) is 12.8. The van der Waals surface area contributed by atoms with Crippen molar-refractivity contribution in [1.82, 2.24) is 0 Å². The molecule has 0 heterocycles. The van der Waals surface area contributed by atoms with Crippen molar-refractivity contribution < 1.29 is 14.6 Å². The Bertz CT molecular complexity index is 200. The van der Waals surface area contributed by atoms with E-state index in [0.29, 0.717) is 0 Å². The lowest BCUT2D eigenvalue weighted by molar-refractivity contribution is -0.140. The molecular weight excluding hydrogens is 216 g/mol. The van der Waals surface area contributed by atoms with E-state index in [2.05, 4.69) is 6.92 Å². The van der Waals surface area contributed by atoms with Crippen LogP contribution in [0.1, 0.15) is 64.7 Å². The van der Waals surface area contributed by atoms with E-state index in [1.54, 1.807) is 0 Å². The van der Waals surface area contributed by atoms with Crippen molar-refractivity contribution in [3.8, 4) is 0 Å². The maximum absolute atomic E-state index is 10.1. The van der Waals surface area contributed by atoms with Crippen molar-refractivity contribution in [2.24, 2.45) is 0 Å². The van der Waals surface area contributed by atoms with Crippen LogP contribution in [0.5, 0.6) is 0 Å². The molecule has 0 aliphatic rings. The molecule has 0 aromatic heterocycles. The number of hydrogen-bond donors (Lipinski definition) is 1. The molecule has 0 aliphatic carbocycles.